The molecule has 1 aromatic carbocycles. The molecule has 27 heavy (non-hydrogen) atoms. The summed E-state index contributed by atoms with van der Waals surface area (Å²) < 4.78 is 5.57. The number of aromatic nitrogens is 2. The lowest BCUT2D eigenvalue weighted by Gasteiger charge is -2.40. The molecule has 2 aromatic rings. The average Bonchev–Trinajstić information content (AvgIpc) is 2.68. The third kappa shape index (κ3) is 4.10. The van der Waals surface area contributed by atoms with Crippen LogP contribution in [0.1, 0.15) is 36.6 Å². The predicted octanol–water partition coefficient (Wildman–Crippen LogP) is 3.69. The van der Waals surface area contributed by atoms with Crippen molar-refractivity contribution in [3.63, 3.8) is 0 Å². The number of methoxy groups -OCH3 is 1. The highest BCUT2D eigenvalue weighted by molar-refractivity contribution is 6.28. The monoisotopic (exact) mass is 386 g/mol. The molecule has 0 amide bonds. The number of halogens is 1. The van der Waals surface area contributed by atoms with Crippen LogP contribution in [0.15, 0.2) is 30.3 Å². The summed E-state index contributed by atoms with van der Waals surface area (Å²) in [5.74, 6) is 1.02. The number of ether oxygens (including phenoxy) is 1. The first-order valence-corrected chi connectivity index (χ1v) is 10.1. The van der Waals surface area contributed by atoms with Gasteiger partial charge in [0, 0.05) is 51.3 Å². The predicted molar refractivity (Wildman–Crippen MR) is 108 cm³/mol. The summed E-state index contributed by atoms with van der Waals surface area (Å²) in [6.45, 7) is 6.00. The molecule has 0 bridgehead atoms. The van der Waals surface area contributed by atoms with Crippen LogP contribution >= 0.6 is 11.6 Å². The highest BCUT2D eigenvalue weighted by Gasteiger charge is 2.31. The van der Waals surface area contributed by atoms with Gasteiger partial charge in [0.1, 0.15) is 5.82 Å². The number of nitrogens with zero attached hydrogens (tertiary/aromatic N) is 4. The number of hydrogen-bond donors (Lipinski definition) is 0. The minimum Gasteiger partial charge on any atom is -0.381 e. The van der Waals surface area contributed by atoms with E-state index in [-0.39, 0.29) is 0 Å². The SMILES string of the molecule is CO[C@@H]1CCN(c2nc(Cl)nc3c2CN(Cc2ccccc2)CC3)[C@H](C)C1. The van der Waals surface area contributed by atoms with Crippen LogP contribution in [0.25, 0.3) is 0 Å². The highest BCUT2D eigenvalue weighted by atomic mass is 35.5. The van der Waals surface area contributed by atoms with Crippen molar-refractivity contribution in [1.29, 1.82) is 0 Å². The van der Waals surface area contributed by atoms with Gasteiger partial charge < -0.3 is 9.64 Å². The summed E-state index contributed by atoms with van der Waals surface area (Å²) in [7, 11) is 1.80. The minimum absolute atomic E-state index is 0.332. The van der Waals surface area contributed by atoms with Gasteiger partial charge in [0.15, 0.2) is 0 Å². The molecule has 0 unspecified atom stereocenters. The first-order chi connectivity index (χ1) is 13.1. The number of fused-ring (bicyclic) bond motifs is 1. The molecule has 1 aromatic heterocycles. The molecule has 2 aliphatic heterocycles. The topological polar surface area (TPSA) is 41.5 Å². The van der Waals surface area contributed by atoms with E-state index in [0.29, 0.717) is 17.4 Å². The Morgan fingerprint density at radius 1 is 1.19 bits per heavy atom. The van der Waals surface area contributed by atoms with Crippen molar-refractivity contribution in [2.45, 2.75) is 51.4 Å². The Morgan fingerprint density at radius 2 is 2.00 bits per heavy atom. The molecule has 3 heterocycles. The van der Waals surface area contributed by atoms with Crippen LogP contribution in [0.3, 0.4) is 0 Å². The fourth-order valence-electron chi connectivity index (χ4n) is 4.30. The van der Waals surface area contributed by atoms with Gasteiger partial charge in [-0.2, -0.15) is 0 Å². The van der Waals surface area contributed by atoms with Crippen LogP contribution in [0.2, 0.25) is 5.28 Å². The number of rotatable bonds is 4. The van der Waals surface area contributed by atoms with Crippen molar-refractivity contribution < 1.29 is 4.74 Å². The van der Waals surface area contributed by atoms with Crippen LogP contribution in [0, 0.1) is 0 Å². The van der Waals surface area contributed by atoms with Crippen LogP contribution in [0.4, 0.5) is 5.82 Å². The third-order valence-electron chi connectivity index (χ3n) is 5.77. The van der Waals surface area contributed by atoms with Crippen LogP contribution in [0.5, 0.6) is 0 Å². The van der Waals surface area contributed by atoms with E-state index in [0.717, 1.165) is 57.0 Å². The molecule has 0 spiro atoms. The summed E-state index contributed by atoms with van der Waals surface area (Å²) in [4.78, 5) is 14.1. The Hall–Kier alpha value is -1.69. The van der Waals surface area contributed by atoms with Gasteiger partial charge in [-0.15, -0.1) is 0 Å². The maximum atomic E-state index is 6.28. The Kier molecular flexibility index (Phi) is 5.62. The number of hydrogen-bond acceptors (Lipinski definition) is 5. The van der Waals surface area contributed by atoms with E-state index in [1.165, 1.54) is 11.1 Å². The van der Waals surface area contributed by atoms with Crippen LogP contribution in [-0.2, 0) is 24.2 Å². The zero-order chi connectivity index (χ0) is 18.8. The maximum absolute atomic E-state index is 6.28. The van der Waals surface area contributed by atoms with Gasteiger partial charge in [-0.1, -0.05) is 30.3 Å². The van der Waals surface area contributed by atoms with Crippen molar-refractivity contribution >= 4 is 17.4 Å². The first-order valence-electron chi connectivity index (χ1n) is 9.75. The van der Waals surface area contributed by atoms with Gasteiger partial charge in [-0.25, -0.2) is 9.97 Å². The van der Waals surface area contributed by atoms with Gasteiger partial charge in [0.2, 0.25) is 5.28 Å². The van der Waals surface area contributed by atoms with E-state index in [9.17, 15) is 0 Å². The van der Waals surface area contributed by atoms with E-state index in [1.54, 1.807) is 7.11 Å². The molecule has 2 atom stereocenters. The summed E-state index contributed by atoms with van der Waals surface area (Å²) in [5.41, 5.74) is 3.69. The second kappa shape index (κ2) is 8.13. The fraction of sp³-hybridized carbons (Fsp3) is 0.524. The van der Waals surface area contributed by atoms with Crippen molar-refractivity contribution in [1.82, 2.24) is 14.9 Å². The Balaban J connectivity index is 1.58. The lowest BCUT2D eigenvalue weighted by Crippen LogP contribution is -2.45. The zero-order valence-electron chi connectivity index (χ0n) is 16.1. The van der Waals surface area contributed by atoms with Gasteiger partial charge >= 0.3 is 0 Å². The minimum atomic E-state index is 0.332. The number of anilines is 1. The summed E-state index contributed by atoms with van der Waals surface area (Å²) in [6, 6.07) is 11.0. The molecule has 1 saturated heterocycles. The number of benzene rings is 1. The molecule has 4 rings (SSSR count). The fourth-order valence-corrected chi connectivity index (χ4v) is 4.48. The van der Waals surface area contributed by atoms with Crippen molar-refractivity contribution in [2.75, 3.05) is 25.1 Å². The molecule has 0 saturated carbocycles. The smallest absolute Gasteiger partial charge is 0.224 e. The van der Waals surface area contributed by atoms with E-state index in [2.05, 4.69) is 57.0 Å². The molecule has 0 N–H and O–H groups in total. The van der Waals surface area contributed by atoms with Crippen LogP contribution < -0.4 is 4.90 Å². The molecule has 2 aliphatic rings. The van der Waals surface area contributed by atoms with Crippen molar-refractivity contribution in [3.05, 3.63) is 52.4 Å². The summed E-state index contributed by atoms with van der Waals surface area (Å²) in [6.07, 6.45) is 3.28. The molecule has 144 valence electrons. The standard InChI is InChI=1S/C21H27ClN4O/c1-15-12-17(27-2)8-11-26(15)20-18-14-25(13-16-6-4-3-5-7-16)10-9-19(18)23-21(22)24-20/h3-7,15,17H,8-14H2,1-2H3/t15-,17-/m1/s1. The van der Waals surface area contributed by atoms with Gasteiger partial charge in [0.25, 0.3) is 0 Å². The quantitative estimate of drug-likeness (QED) is 0.749. The first kappa shape index (κ1) is 18.7. The largest absolute Gasteiger partial charge is 0.381 e. The van der Waals surface area contributed by atoms with Crippen LogP contribution in [-0.4, -0.2) is 47.2 Å². The Labute approximate surface area is 166 Å². The third-order valence-corrected chi connectivity index (χ3v) is 5.94. The summed E-state index contributed by atoms with van der Waals surface area (Å²) in [5, 5.41) is 0.362. The maximum Gasteiger partial charge on any atom is 0.224 e. The second-order valence-corrected chi connectivity index (χ2v) is 7.95. The second-order valence-electron chi connectivity index (χ2n) is 7.61. The average molecular weight is 387 g/mol. The van der Waals surface area contributed by atoms with Gasteiger partial charge in [0.05, 0.1) is 11.8 Å². The molecule has 0 aliphatic carbocycles. The molecule has 6 heteroatoms. The number of piperidine rings is 1. The Bertz CT molecular complexity index is 785. The van der Waals surface area contributed by atoms with E-state index >= 15 is 0 Å². The molecule has 0 radical (unpaired) electrons. The van der Waals surface area contributed by atoms with Crippen molar-refractivity contribution in [3.8, 4) is 0 Å². The van der Waals surface area contributed by atoms with E-state index < -0.39 is 0 Å². The lowest BCUT2D eigenvalue weighted by molar-refractivity contribution is 0.0718. The summed E-state index contributed by atoms with van der Waals surface area (Å²) >= 11 is 6.28. The van der Waals surface area contributed by atoms with E-state index in [4.69, 9.17) is 16.3 Å². The molecular weight excluding hydrogens is 360 g/mol. The molecule has 5 nitrogen and oxygen atoms in total. The van der Waals surface area contributed by atoms with E-state index in [1.807, 2.05) is 0 Å². The van der Waals surface area contributed by atoms with Crippen molar-refractivity contribution in [2.24, 2.45) is 0 Å². The van der Waals surface area contributed by atoms with Gasteiger partial charge in [-0.05, 0) is 36.9 Å². The lowest BCUT2D eigenvalue weighted by atomic mass is 9.98. The Morgan fingerprint density at radius 3 is 2.74 bits per heavy atom. The normalized spacial score (nSPS) is 23.3. The molecule has 1 fully saturated rings. The molecular formula is C21H27ClN4O. The van der Waals surface area contributed by atoms with Gasteiger partial charge in [-0.3, -0.25) is 4.90 Å². The zero-order valence-corrected chi connectivity index (χ0v) is 16.8. The highest BCUT2D eigenvalue weighted by Crippen LogP contribution is 2.32.